The number of carbonyl (C=O) groups is 4. The standard InChI is InChI=1S/C16H25N3O7/c20-10-13(11-21)26-9-1-6-18(12-22)8-5-17-14(23)4-7-19-15(24)2-3-16(19)25/h2-3,12-13,20-21H,1,4-11H2,(H,17,23). The molecule has 0 saturated heterocycles. The lowest BCUT2D eigenvalue weighted by molar-refractivity contribution is -0.137. The van der Waals surface area contributed by atoms with Gasteiger partial charge in [0.2, 0.25) is 12.3 Å². The Bertz CT molecular complexity index is 502. The summed E-state index contributed by atoms with van der Waals surface area (Å²) >= 11 is 0. The Morgan fingerprint density at radius 1 is 1.23 bits per heavy atom. The summed E-state index contributed by atoms with van der Waals surface area (Å²) in [7, 11) is 0. The van der Waals surface area contributed by atoms with E-state index >= 15 is 0 Å². The second-order valence-electron chi connectivity index (χ2n) is 5.61. The summed E-state index contributed by atoms with van der Waals surface area (Å²) in [5.74, 6) is -1.18. The molecule has 0 aromatic heterocycles. The monoisotopic (exact) mass is 371 g/mol. The van der Waals surface area contributed by atoms with Crippen LogP contribution in [0.1, 0.15) is 12.8 Å². The van der Waals surface area contributed by atoms with Crippen LogP contribution in [-0.2, 0) is 23.9 Å². The fraction of sp³-hybridized carbons (Fsp3) is 0.625. The highest BCUT2D eigenvalue weighted by molar-refractivity contribution is 6.13. The number of hydrogen-bond acceptors (Lipinski definition) is 7. The smallest absolute Gasteiger partial charge is 0.253 e. The van der Waals surface area contributed by atoms with Crippen molar-refractivity contribution in [2.45, 2.75) is 18.9 Å². The van der Waals surface area contributed by atoms with E-state index in [1.54, 1.807) is 0 Å². The Morgan fingerprint density at radius 3 is 2.46 bits per heavy atom. The molecule has 146 valence electrons. The van der Waals surface area contributed by atoms with E-state index in [1.165, 1.54) is 4.90 Å². The molecule has 0 aromatic carbocycles. The first-order valence-electron chi connectivity index (χ1n) is 8.34. The molecule has 0 unspecified atom stereocenters. The normalized spacial score (nSPS) is 13.6. The predicted molar refractivity (Wildman–Crippen MR) is 89.7 cm³/mol. The quantitative estimate of drug-likeness (QED) is 0.176. The van der Waals surface area contributed by atoms with Crippen molar-refractivity contribution in [3.05, 3.63) is 12.2 Å². The second kappa shape index (κ2) is 12.1. The largest absolute Gasteiger partial charge is 0.394 e. The lowest BCUT2D eigenvalue weighted by Gasteiger charge is -2.19. The summed E-state index contributed by atoms with van der Waals surface area (Å²) in [5.41, 5.74) is 0. The third kappa shape index (κ3) is 7.72. The lowest BCUT2D eigenvalue weighted by Crippen LogP contribution is -2.38. The van der Waals surface area contributed by atoms with Gasteiger partial charge < -0.3 is 25.2 Å². The maximum Gasteiger partial charge on any atom is 0.253 e. The first kappa shape index (κ1) is 21.7. The highest BCUT2D eigenvalue weighted by atomic mass is 16.5. The van der Waals surface area contributed by atoms with Crippen LogP contribution in [0.15, 0.2) is 12.2 Å². The number of ether oxygens (including phenoxy) is 1. The van der Waals surface area contributed by atoms with Gasteiger partial charge >= 0.3 is 0 Å². The summed E-state index contributed by atoms with van der Waals surface area (Å²) in [6, 6.07) is 0. The van der Waals surface area contributed by atoms with Crippen LogP contribution < -0.4 is 5.32 Å². The van der Waals surface area contributed by atoms with Crippen LogP contribution in [0.5, 0.6) is 0 Å². The zero-order chi connectivity index (χ0) is 19.4. The maximum atomic E-state index is 11.7. The van der Waals surface area contributed by atoms with Gasteiger partial charge in [-0.15, -0.1) is 0 Å². The molecule has 0 aliphatic carbocycles. The molecule has 0 aromatic rings. The molecule has 3 N–H and O–H groups in total. The number of imide groups is 1. The molecule has 1 aliphatic heterocycles. The van der Waals surface area contributed by atoms with Gasteiger partial charge in [0.05, 0.1) is 13.2 Å². The van der Waals surface area contributed by atoms with E-state index in [4.69, 9.17) is 14.9 Å². The van der Waals surface area contributed by atoms with Crippen molar-refractivity contribution < 1.29 is 34.1 Å². The Labute approximate surface area is 151 Å². The zero-order valence-electron chi connectivity index (χ0n) is 14.5. The minimum Gasteiger partial charge on any atom is -0.394 e. The summed E-state index contributed by atoms with van der Waals surface area (Å²) in [6.07, 6.45) is 2.88. The van der Waals surface area contributed by atoms with Crippen molar-refractivity contribution in [1.29, 1.82) is 0 Å². The minimum atomic E-state index is -0.622. The molecule has 0 atom stereocenters. The topological polar surface area (TPSA) is 136 Å². The van der Waals surface area contributed by atoms with E-state index in [-0.39, 0.29) is 45.2 Å². The van der Waals surface area contributed by atoms with Crippen molar-refractivity contribution in [2.24, 2.45) is 0 Å². The van der Waals surface area contributed by atoms with Crippen LogP contribution in [0.3, 0.4) is 0 Å². The average molecular weight is 371 g/mol. The number of aliphatic hydroxyl groups excluding tert-OH is 2. The van der Waals surface area contributed by atoms with Gasteiger partial charge in [0.1, 0.15) is 6.10 Å². The van der Waals surface area contributed by atoms with Gasteiger partial charge in [-0.25, -0.2) is 0 Å². The number of aliphatic hydroxyl groups is 2. The number of nitrogens with zero attached hydrogens (tertiary/aromatic N) is 2. The fourth-order valence-corrected chi connectivity index (χ4v) is 2.19. The lowest BCUT2D eigenvalue weighted by atomic mass is 10.3. The predicted octanol–water partition coefficient (Wildman–Crippen LogP) is -2.36. The molecule has 26 heavy (non-hydrogen) atoms. The summed E-state index contributed by atoms with van der Waals surface area (Å²) in [6.45, 7) is 0.716. The van der Waals surface area contributed by atoms with Crippen LogP contribution in [-0.4, -0.2) is 96.2 Å². The summed E-state index contributed by atoms with van der Waals surface area (Å²) in [4.78, 5) is 47.9. The number of carbonyl (C=O) groups excluding carboxylic acids is 4. The molecule has 10 nitrogen and oxygen atoms in total. The molecular formula is C16H25N3O7. The first-order chi connectivity index (χ1) is 12.5. The third-order valence-electron chi connectivity index (χ3n) is 3.68. The molecule has 0 saturated carbocycles. The highest BCUT2D eigenvalue weighted by Crippen LogP contribution is 2.03. The van der Waals surface area contributed by atoms with Crippen molar-refractivity contribution in [2.75, 3.05) is 46.0 Å². The Morgan fingerprint density at radius 2 is 1.88 bits per heavy atom. The van der Waals surface area contributed by atoms with Gasteiger partial charge in [0.25, 0.3) is 11.8 Å². The molecule has 0 fully saturated rings. The molecule has 1 aliphatic rings. The minimum absolute atomic E-state index is 0.00219. The molecule has 10 heteroatoms. The number of nitrogens with one attached hydrogen (secondary N) is 1. The van der Waals surface area contributed by atoms with E-state index in [0.717, 1.165) is 17.1 Å². The van der Waals surface area contributed by atoms with E-state index in [9.17, 15) is 19.2 Å². The van der Waals surface area contributed by atoms with Crippen LogP contribution in [0.4, 0.5) is 0 Å². The van der Waals surface area contributed by atoms with Crippen molar-refractivity contribution in [3.63, 3.8) is 0 Å². The number of rotatable bonds is 14. The molecule has 0 radical (unpaired) electrons. The zero-order valence-corrected chi connectivity index (χ0v) is 14.5. The van der Waals surface area contributed by atoms with Crippen LogP contribution >= 0.6 is 0 Å². The first-order valence-corrected chi connectivity index (χ1v) is 8.34. The highest BCUT2D eigenvalue weighted by Gasteiger charge is 2.23. The molecule has 0 spiro atoms. The molecular weight excluding hydrogens is 346 g/mol. The van der Waals surface area contributed by atoms with E-state index < -0.39 is 17.9 Å². The van der Waals surface area contributed by atoms with Gasteiger partial charge in [0.15, 0.2) is 0 Å². The van der Waals surface area contributed by atoms with E-state index in [1.807, 2.05) is 0 Å². The summed E-state index contributed by atoms with van der Waals surface area (Å²) < 4.78 is 5.20. The average Bonchev–Trinajstić information content (AvgIpc) is 2.96. The number of hydrogen-bond donors (Lipinski definition) is 3. The van der Waals surface area contributed by atoms with E-state index in [0.29, 0.717) is 25.9 Å². The molecule has 0 bridgehead atoms. The Hall–Kier alpha value is -2.30. The third-order valence-corrected chi connectivity index (χ3v) is 3.68. The summed E-state index contributed by atoms with van der Waals surface area (Å²) in [5, 5.41) is 20.3. The molecule has 1 rings (SSSR count). The van der Waals surface area contributed by atoms with Crippen LogP contribution in [0.2, 0.25) is 0 Å². The SMILES string of the molecule is O=CN(CCCOC(CO)CO)CCNC(=O)CCN1C(=O)C=CC1=O. The Kier molecular flexibility index (Phi) is 10.1. The van der Waals surface area contributed by atoms with Crippen molar-refractivity contribution in [3.8, 4) is 0 Å². The van der Waals surface area contributed by atoms with Gasteiger partial charge in [-0.05, 0) is 6.42 Å². The molecule has 4 amide bonds. The fourth-order valence-electron chi connectivity index (χ4n) is 2.19. The van der Waals surface area contributed by atoms with Crippen LogP contribution in [0.25, 0.3) is 0 Å². The van der Waals surface area contributed by atoms with Gasteiger partial charge in [-0.3, -0.25) is 24.1 Å². The second-order valence-corrected chi connectivity index (χ2v) is 5.61. The number of amides is 4. The van der Waals surface area contributed by atoms with Crippen molar-refractivity contribution >= 4 is 24.1 Å². The van der Waals surface area contributed by atoms with Crippen molar-refractivity contribution in [1.82, 2.24) is 15.1 Å². The van der Waals surface area contributed by atoms with Gasteiger partial charge in [-0.1, -0.05) is 0 Å². The maximum absolute atomic E-state index is 11.7. The van der Waals surface area contributed by atoms with E-state index in [2.05, 4.69) is 5.32 Å². The Balaban J connectivity index is 2.13. The van der Waals surface area contributed by atoms with Gasteiger partial charge in [-0.2, -0.15) is 0 Å². The molecule has 1 heterocycles. The van der Waals surface area contributed by atoms with Crippen LogP contribution in [0, 0.1) is 0 Å². The van der Waals surface area contributed by atoms with Gasteiger partial charge in [0, 0.05) is 51.4 Å².